The quantitative estimate of drug-likeness (QED) is 0.834. The number of nitrogens with zero attached hydrogens (tertiary/aromatic N) is 1. The predicted molar refractivity (Wildman–Crippen MR) is 88.7 cm³/mol. The van der Waals surface area contributed by atoms with Crippen LogP contribution in [-0.4, -0.2) is 40.4 Å². The molecule has 1 aliphatic rings. The smallest absolute Gasteiger partial charge is 0.413 e. The van der Waals surface area contributed by atoms with Crippen molar-refractivity contribution in [1.29, 1.82) is 0 Å². The number of carbonyl (C=O) groups is 2. The van der Waals surface area contributed by atoms with Crippen LogP contribution in [0.5, 0.6) is 5.75 Å². The summed E-state index contributed by atoms with van der Waals surface area (Å²) in [7, 11) is 0. The summed E-state index contributed by atoms with van der Waals surface area (Å²) in [5, 5.41) is 9.30. The monoisotopic (exact) mass is 335 g/mol. The Balaban J connectivity index is 2.09. The highest BCUT2D eigenvalue weighted by molar-refractivity contribution is 5.89. The van der Waals surface area contributed by atoms with E-state index in [1.54, 1.807) is 20.8 Å². The first-order valence-corrected chi connectivity index (χ1v) is 8.26. The van der Waals surface area contributed by atoms with Crippen LogP contribution in [0, 0.1) is 0 Å². The second-order valence-corrected chi connectivity index (χ2v) is 6.93. The molecule has 24 heavy (non-hydrogen) atoms. The van der Waals surface area contributed by atoms with Crippen LogP contribution in [0.1, 0.15) is 56.8 Å². The molecule has 1 fully saturated rings. The summed E-state index contributed by atoms with van der Waals surface area (Å²) in [4.78, 5) is 26.2. The molecule has 2 rings (SSSR count). The van der Waals surface area contributed by atoms with Gasteiger partial charge in [-0.25, -0.2) is 9.59 Å². The van der Waals surface area contributed by atoms with Gasteiger partial charge in [0, 0.05) is 13.0 Å². The molecular formula is C18H25NO5. The molecule has 1 aliphatic heterocycles. The number of likely N-dealkylation sites (tertiary alicyclic amines) is 1. The summed E-state index contributed by atoms with van der Waals surface area (Å²) in [5.41, 5.74) is -0.268. The first-order chi connectivity index (χ1) is 11.3. The number of ether oxygens (including phenoxy) is 2. The van der Waals surface area contributed by atoms with Crippen molar-refractivity contribution in [2.75, 3.05) is 6.54 Å². The largest absolute Gasteiger partial charge is 0.508 e. The lowest BCUT2D eigenvalue weighted by atomic mass is 10.2. The second-order valence-electron chi connectivity index (χ2n) is 6.93. The van der Waals surface area contributed by atoms with Crippen LogP contribution in [0.3, 0.4) is 0 Å². The van der Waals surface area contributed by atoms with Crippen LogP contribution in [0.2, 0.25) is 0 Å². The van der Waals surface area contributed by atoms with E-state index in [9.17, 15) is 14.7 Å². The van der Waals surface area contributed by atoms with E-state index >= 15 is 0 Å². The maximum absolute atomic E-state index is 12.4. The Bertz CT molecular complexity index is 576. The molecule has 1 atom stereocenters. The highest BCUT2D eigenvalue weighted by atomic mass is 16.6. The third-order valence-electron chi connectivity index (χ3n) is 3.67. The minimum absolute atomic E-state index is 0.0800. The fourth-order valence-corrected chi connectivity index (χ4v) is 2.52. The van der Waals surface area contributed by atoms with Crippen molar-refractivity contribution in [2.45, 2.75) is 58.3 Å². The van der Waals surface area contributed by atoms with E-state index in [4.69, 9.17) is 9.47 Å². The van der Waals surface area contributed by atoms with Gasteiger partial charge in [-0.05, 0) is 57.9 Å². The van der Waals surface area contributed by atoms with Crippen LogP contribution in [-0.2, 0) is 9.47 Å². The van der Waals surface area contributed by atoms with Crippen molar-refractivity contribution in [2.24, 2.45) is 0 Å². The number of phenolic OH excluding ortho intramolecular Hbond substituents is 1. The predicted octanol–water partition coefficient (Wildman–Crippen LogP) is 3.69. The van der Waals surface area contributed by atoms with Crippen LogP contribution < -0.4 is 0 Å². The Morgan fingerprint density at radius 1 is 1.12 bits per heavy atom. The Kier molecular flexibility index (Phi) is 5.70. The van der Waals surface area contributed by atoms with Crippen LogP contribution >= 0.6 is 0 Å². The van der Waals surface area contributed by atoms with E-state index in [1.165, 1.54) is 29.2 Å². The molecule has 1 amide bonds. The average molecular weight is 335 g/mol. The van der Waals surface area contributed by atoms with E-state index < -0.39 is 23.9 Å². The van der Waals surface area contributed by atoms with E-state index in [0.717, 1.165) is 19.3 Å². The first-order valence-electron chi connectivity index (χ1n) is 8.26. The van der Waals surface area contributed by atoms with Gasteiger partial charge in [-0.1, -0.05) is 6.42 Å². The van der Waals surface area contributed by atoms with Gasteiger partial charge in [0.2, 0.25) is 0 Å². The SMILES string of the molecule is CC(C)(C)OC(=O)N1CCCCCC1OC(=O)c1ccc(O)cc1. The zero-order valence-electron chi connectivity index (χ0n) is 14.4. The molecule has 0 saturated carbocycles. The van der Waals surface area contributed by atoms with Gasteiger partial charge in [-0.2, -0.15) is 0 Å². The summed E-state index contributed by atoms with van der Waals surface area (Å²) >= 11 is 0. The lowest BCUT2D eigenvalue weighted by Gasteiger charge is -2.31. The van der Waals surface area contributed by atoms with Crippen molar-refractivity contribution in [3.63, 3.8) is 0 Å². The molecule has 1 aromatic carbocycles. The van der Waals surface area contributed by atoms with Crippen molar-refractivity contribution in [1.82, 2.24) is 4.90 Å². The van der Waals surface area contributed by atoms with Crippen molar-refractivity contribution < 1.29 is 24.2 Å². The molecule has 0 aliphatic carbocycles. The molecule has 132 valence electrons. The standard InChI is InChI=1S/C18H25NO5/c1-18(2,3)24-17(22)19-12-6-4-5-7-15(19)23-16(21)13-8-10-14(20)11-9-13/h8-11,15,20H,4-7,12H2,1-3H3. The van der Waals surface area contributed by atoms with Crippen LogP contribution in [0.4, 0.5) is 4.79 Å². The number of amides is 1. The van der Waals surface area contributed by atoms with Crippen LogP contribution in [0.15, 0.2) is 24.3 Å². The fraction of sp³-hybridized carbons (Fsp3) is 0.556. The second kappa shape index (κ2) is 7.55. The minimum atomic E-state index is -0.636. The molecule has 1 heterocycles. The maximum Gasteiger partial charge on any atom is 0.413 e. The third-order valence-corrected chi connectivity index (χ3v) is 3.67. The normalized spacial score (nSPS) is 18.6. The zero-order valence-corrected chi connectivity index (χ0v) is 14.4. The Morgan fingerprint density at radius 3 is 2.42 bits per heavy atom. The van der Waals surface area contributed by atoms with Gasteiger partial charge in [0.1, 0.15) is 11.4 Å². The molecule has 6 heteroatoms. The molecule has 0 spiro atoms. The van der Waals surface area contributed by atoms with Gasteiger partial charge >= 0.3 is 12.1 Å². The highest BCUT2D eigenvalue weighted by Gasteiger charge is 2.32. The molecular weight excluding hydrogens is 310 g/mol. The number of benzene rings is 1. The Hall–Kier alpha value is -2.24. The van der Waals surface area contributed by atoms with Gasteiger partial charge in [0.15, 0.2) is 6.23 Å². The van der Waals surface area contributed by atoms with Crippen molar-refractivity contribution in [3.05, 3.63) is 29.8 Å². The lowest BCUT2D eigenvalue weighted by Crippen LogP contribution is -2.45. The number of carbonyl (C=O) groups excluding carboxylic acids is 2. The molecule has 6 nitrogen and oxygen atoms in total. The van der Waals surface area contributed by atoms with E-state index in [-0.39, 0.29) is 5.75 Å². The maximum atomic E-state index is 12.4. The summed E-state index contributed by atoms with van der Waals surface area (Å²) in [6.07, 6.45) is 2.20. The molecule has 1 saturated heterocycles. The molecule has 0 aromatic heterocycles. The molecule has 0 radical (unpaired) electrons. The molecule has 1 N–H and O–H groups in total. The van der Waals surface area contributed by atoms with Gasteiger partial charge in [-0.15, -0.1) is 0 Å². The molecule has 0 bridgehead atoms. The number of esters is 1. The van der Waals surface area contributed by atoms with Gasteiger partial charge < -0.3 is 14.6 Å². The van der Waals surface area contributed by atoms with Gasteiger partial charge in [-0.3, -0.25) is 4.90 Å². The van der Waals surface area contributed by atoms with E-state index in [0.29, 0.717) is 18.5 Å². The first kappa shape index (κ1) is 18.1. The van der Waals surface area contributed by atoms with E-state index in [2.05, 4.69) is 0 Å². The summed E-state index contributed by atoms with van der Waals surface area (Å²) in [6, 6.07) is 5.84. The lowest BCUT2D eigenvalue weighted by molar-refractivity contribution is -0.0458. The summed E-state index contributed by atoms with van der Waals surface area (Å²) in [6.45, 7) is 5.92. The van der Waals surface area contributed by atoms with Crippen molar-refractivity contribution >= 4 is 12.1 Å². The summed E-state index contributed by atoms with van der Waals surface area (Å²) < 4.78 is 11.0. The zero-order chi connectivity index (χ0) is 17.7. The van der Waals surface area contributed by atoms with Gasteiger partial charge in [0.05, 0.1) is 5.56 Å². The fourth-order valence-electron chi connectivity index (χ4n) is 2.52. The third kappa shape index (κ3) is 5.15. The number of rotatable bonds is 2. The number of hydrogen-bond acceptors (Lipinski definition) is 5. The van der Waals surface area contributed by atoms with Crippen LogP contribution in [0.25, 0.3) is 0 Å². The Morgan fingerprint density at radius 2 is 1.79 bits per heavy atom. The highest BCUT2D eigenvalue weighted by Crippen LogP contribution is 2.22. The molecule has 1 aromatic rings. The number of aromatic hydroxyl groups is 1. The van der Waals surface area contributed by atoms with Gasteiger partial charge in [0.25, 0.3) is 0 Å². The number of phenols is 1. The number of hydrogen-bond donors (Lipinski definition) is 1. The average Bonchev–Trinajstić information content (AvgIpc) is 2.71. The minimum Gasteiger partial charge on any atom is -0.508 e. The molecule has 1 unspecified atom stereocenters. The summed E-state index contributed by atoms with van der Waals surface area (Å²) in [5.74, 6) is -0.438. The Labute approximate surface area is 142 Å². The topological polar surface area (TPSA) is 76.1 Å². The van der Waals surface area contributed by atoms with Crippen molar-refractivity contribution in [3.8, 4) is 5.75 Å². The van der Waals surface area contributed by atoms with E-state index in [1.807, 2.05) is 0 Å².